The first-order chi connectivity index (χ1) is 10.7. The molecule has 1 aliphatic heterocycles. The lowest BCUT2D eigenvalue weighted by molar-refractivity contribution is -0.120. The van der Waals surface area contributed by atoms with Crippen LogP contribution in [0.1, 0.15) is 17.7 Å². The van der Waals surface area contributed by atoms with Crippen molar-refractivity contribution < 1.29 is 9.53 Å². The number of nitrogens with zero attached hydrogens (tertiary/aromatic N) is 1. The average Bonchev–Trinajstić information content (AvgIpc) is 2.53. The highest BCUT2D eigenvalue weighted by Gasteiger charge is 2.22. The number of anilines is 1. The number of ether oxygens (including phenoxy) is 1. The number of aromatic nitrogens is 1. The Kier molecular flexibility index (Phi) is 3.96. The summed E-state index contributed by atoms with van der Waals surface area (Å²) in [6.07, 6.45) is 3.49. The molecule has 1 aromatic heterocycles. The molecule has 1 aliphatic rings. The summed E-state index contributed by atoms with van der Waals surface area (Å²) in [5, 5.41) is 0. The SMILES string of the molecule is Cc1[nH]ccc(=O)c1OCC(=O)N1CCCc2ccccc21. The van der Waals surface area contributed by atoms with Gasteiger partial charge in [0, 0.05) is 24.5 Å². The van der Waals surface area contributed by atoms with E-state index in [1.165, 1.54) is 11.6 Å². The second kappa shape index (κ2) is 6.05. The van der Waals surface area contributed by atoms with Crippen molar-refractivity contribution in [2.24, 2.45) is 0 Å². The topological polar surface area (TPSA) is 62.4 Å². The van der Waals surface area contributed by atoms with E-state index in [9.17, 15) is 9.59 Å². The fourth-order valence-corrected chi connectivity index (χ4v) is 2.75. The van der Waals surface area contributed by atoms with Crippen molar-refractivity contribution in [1.82, 2.24) is 4.98 Å². The number of para-hydroxylation sites is 1. The van der Waals surface area contributed by atoms with Gasteiger partial charge in [-0.1, -0.05) is 18.2 Å². The molecule has 1 N–H and O–H groups in total. The molecule has 0 saturated heterocycles. The number of carbonyl (C=O) groups excluding carboxylic acids is 1. The van der Waals surface area contributed by atoms with Crippen LogP contribution in [0.4, 0.5) is 5.69 Å². The molecule has 2 aromatic rings. The van der Waals surface area contributed by atoms with Crippen LogP contribution in [-0.4, -0.2) is 24.0 Å². The standard InChI is InChI=1S/C17H18N2O3/c1-12-17(15(20)8-9-18-12)22-11-16(21)19-10-4-6-13-5-2-3-7-14(13)19/h2-3,5,7-9H,4,6,10-11H2,1H3,(H,18,20). The van der Waals surface area contributed by atoms with Gasteiger partial charge in [-0.15, -0.1) is 0 Å². The summed E-state index contributed by atoms with van der Waals surface area (Å²) in [4.78, 5) is 28.9. The first-order valence-electron chi connectivity index (χ1n) is 7.36. The molecule has 5 nitrogen and oxygen atoms in total. The molecular weight excluding hydrogens is 280 g/mol. The van der Waals surface area contributed by atoms with Crippen LogP contribution in [0.15, 0.2) is 41.3 Å². The fourth-order valence-electron chi connectivity index (χ4n) is 2.75. The Labute approximate surface area is 128 Å². The Hall–Kier alpha value is -2.56. The van der Waals surface area contributed by atoms with Crippen LogP contribution in [0, 0.1) is 6.92 Å². The van der Waals surface area contributed by atoms with E-state index in [1.54, 1.807) is 18.0 Å². The number of pyridine rings is 1. The van der Waals surface area contributed by atoms with Gasteiger partial charge in [0.05, 0.1) is 5.69 Å². The number of carbonyl (C=O) groups is 1. The molecule has 3 rings (SSSR count). The fraction of sp³-hybridized carbons (Fsp3) is 0.294. The summed E-state index contributed by atoms with van der Waals surface area (Å²) >= 11 is 0. The number of fused-ring (bicyclic) bond motifs is 1. The maximum atomic E-state index is 12.4. The molecular formula is C17H18N2O3. The van der Waals surface area contributed by atoms with Gasteiger partial charge in [-0.05, 0) is 31.4 Å². The van der Waals surface area contributed by atoms with E-state index in [0.717, 1.165) is 18.5 Å². The van der Waals surface area contributed by atoms with Crippen molar-refractivity contribution in [2.45, 2.75) is 19.8 Å². The Bertz CT molecular complexity index is 752. The molecule has 1 amide bonds. The molecule has 0 fully saturated rings. The predicted octanol–water partition coefficient (Wildman–Crippen LogP) is 2.04. The minimum atomic E-state index is -0.219. The van der Waals surface area contributed by atoms with E-state index in [1.807, 2.05) is 24.3 Å². The zero-order chi connectivity index (χ0) is 15.5. The summed E-state index contributed by atoms with van der Waals surface area (Å²) in [5.74, 6) is 0.0796. The van der Waals surface area contributed by atoms with Crippen LogP contribution in [0.5, 0.6) is 5.75 Å². The summed E-state index contributed by atoms with van der Waals surface area (Å²) in [6, 6.07) is 9.30. The highest BCUT2D eigenvalue weighted by molar-refractivity contribution is 5.95. The van der Waals surface area contributed by atoms with Gasteiger partial charge in [-0.3, -0.25) is 9.59 Å². The molecule has 0 bridgehead atoms. The van der Waals surface area contributed by atoms with Crippen molar-refractivity contribution in [3.63, 3.8) is 0 Å². The molecule has 5 heteroatoms. The molecule has 0 saturated carbocycles. The van der Waals surface area contributed by atoms with Gasteiger partial charge in [0.2, 0.25) is 5.43 Å². The zero-order valence-corrected chi connectivity index (χ0v) is 12.5. The second-order valence-corrected chi connectivity index (χ2v) is 5.36. The Morgan fingerprint density at radius 2 is 2.14 bits per heavy atom. The summed E-state index contributed by atoms with van der Waals surface area (Å²) < 4.78 is 5.46. The highest BCUT2D eigenvalue weighted by Crippen LogP contribution is 2.26. The number of H-pyrrole nitrogens is 1. The molecule has 0 radical (unpaired) electrons. The molecule has 22 heavy (non-hydrogen) atoms. The number of aromatic amines is 1. The van der Waals surface area contributed by atoms with E-state index < -0.39 is 0 Å². The summed E-state index contributed by atoms with van der Waals surface area (Å²) in [6.45, 7) is 2.29. The Balaban J connectivity index is 1.75. The molecule has 0 spiro atoms. The van der Waals surface area contributed by atoms with Gasteiger partial charge >= 0.3 is 0 Å². The lowest BCUT2D eigenvalue weighted by atomic mass is 10.0. The lowest BCUT2D eigenvalue weighted by Crippen LogP contribution is -2.39. The summed E-state index contributed by atoms with van der Waals surface area (Å²) in [7, 11) is 0. The number of nitrogens with one attached hydrogen (secondary N) is 1. The summed E-state index contributed by atoms with van der Waals surface area (Å²) in [5.41, 5.74) is 2.53. The molecule has 2 heterocycles. The monoisotopic (exact) mass is 298 g/mol. The third-order valence-electron chi connectivity index (χ3n) is 3.85. The van der Waals surface area contributed by atoms with E-state index in [-0.39, 0.29) is 23.7 Å². The molecule has 1 aromatic carbocycles. The van der Waals surface area contributed by atoms with Crippen LogP contribution in [-0.2, 0) is 11.2 Å². The van der Waals surface area contributed by atoms with Crippen LogP contribution in [0.2, 0.25) is 0 Å². The maximum Gasteiger partial charge on any atom is 0.264 e. The van der Waals surface area contributed by atoms with E-state index in [0.29, 0.717) is 12.2 Å². The molecule has 0 unspecified atom stereocenters. The number of amides is 1. The van der Waals surface area contributed by atoms with Gasteiger partial charge in [0.15, 0.2) is 12.4 Å². The first kappa shape index (κ1) is 14.4. The average molecular weight is 298 g/mol. The largest absolute Gasteiger partial charge is 0.478 e. The second-order valence-electron chi connectivity index (χ2n) is 5.36. The third kappa shape index (κ3) is 2.74. The highest BCUT2D eigenvalue weighted by atomic mass is 16.5. The van der Waals surface area contributed by atoms with E-state index in [2.05, 4.69) is 4.98 Å². The molecule has 114 valence electrons. The predicted molar refractivity (Wildman–Crippen MR) is 84.4 cm³/mol. The smallest absolute Gasteiger partial charge is 0.264 e. The van der Waals surface area contributed by atoms with Gasteiger partial charge in [0.25, 0.3) is 5.91 Å². The van der Waals surface area contributed by atoms with Crippen molar-refractivity contribution in [1.29, 1.82) is 0 Å². The van der Waals surface area contributed by atoms with Crippen molar-refractivity contribution in [3.05, 3.63) is 58.0 Å². The Morgan fingerprint density at radius 1 is 1.32 bits per heavy atom. The Morgan fingerprint density at radius 3 is 2.95 bits per heavy atom. The number of hydrogen-bond donors (Lipinski definition) is 1. The van der Waals surface area contributed by atoms with Crippen LogP contribution in [0.25, 0.3) is 0 Å². The number of hydrogen-bond acceptors (Lipinski definition) is 3. The number of aryl methyl sites for hydroxylation is 2. The van der Waals surface area contributed by atoms with Crippen LogP contribution in [0.3, 0.4) is 0 Å². The van der Waals surface area contributed by atoms with E-state index >= 15 is 0 Å². The number of benzene rings is 1. The van der Waals surface area contributed by atoms with Crippen molar-refractivity contribution in [2.75, 3.05) is 18.1 Å². The minimum absolute atomic E-state index is 0.130. The van der Waals surface area contributed by atoms with Gasteiger partial charge in [0.1, 0.15) is 0 Å². The van der Waals surface area contributed by atoms with Crippen molar-refractivity contribution in [3.8, 4) is 5.75 Å². The normalized spacial score (nSPS) is 13.6. The lowest BCUT2D eigenvalue weighted by Gasteiger charge is -2.29. The zero-order valence-electron chi connectivity index (χ0n) is 12.5. The molecule has 0 atom stereocenters. The number of rotatable bonds is 3. The first-order valence-corrected chi connectivity index (χ1v) is 7.36. The quantitative estimate of drug-likeness (QED) is 0.943. The minimum Gasteiger partial charge on any atom is -0.478 e. The third-order valence-corrected chi connectivity index (χ3v) is 3.85. The van der Waals surface area contributed by atoms with Gasteiger partial charge < -0.3 is 14.6 Å². The molecule has 0 aliphatic carbocycles. The van der Waals surface area contributed by atoms with Crippen molar-refractivity contribution >= 4 is 11.6 Å². The van der Waals surface area contributed by atoms with Gasteiger partial charge in [-0.25, -0.2) is 0 Å². The van der Waals surface area contributed by atoms with Crippen LogP contribution < -0.4 is 15.1 Å². The van der Waals surface area contributed by atoms with E-state index in [4.69, 9.17) is 4.74 Å². The van der Waals surface area contributed by atoms with Crippen LogP contribution >= 0.6 is 0 Å². The van der Waals surface area contributed by atoms with Gasteiger partial charge in [-0.2, -0.15) is 0 Å². The maximum absolute atomic E-state index is 12.4.